The number of hydrogen-bond donors (Lipinski definition) is 2. The molecule has 0 fully saturated rings. The number of fused-ring (bicyclic) bond motifs is 1. The van der Waals surface area contributed by atoms with Crippen molar-refractivity contribution in [3.05, 3.63) is 83.4 Å². The van der Waals surface area contributed by atoms with Crippen LogP contribution in [0.3, 0.4) is 0 Å². The lowest BCUT2D eigenvalue weighted by molar-refractivity contribution is 0.177. The molecule has 0 saturated carbocycles. The number of nitrogens with one attached hydrogen (secondary N) is 2. The van der Waals surface area contributed by atoms with Crippen molar-refractivity contribution < 1.29 is 4.74 Å². The second-order valence-corrected chi connectivity index (χ2v) is 8.36. The van der Waals surface area contributed by atoms with Crippen LogP contribution in [-0.4, -0.2) is 47.0 Å². The van der Waals surface area contributed by atoms with Gasteiger partial charge < -0.3 is 15.4 Å². The molecule has 33 heavy (non-hydrogen) atoms. The van der Waals surface area contributed by atoms with Crippen LogP contribution >= 0.6 is 0 Å². The van der Waals surface area contributed by atoms with Crippen LogP contribution in [0.5, 0.6) is 0 Å². The highest BCUT2D eigenvalue weighted by atomic mass is 16.5. The molecule has 2 aromatic carbocycles. The van der Waals surface area contributed by atoms with Crippen LogP contribution in [0.2, 0.25) is 0 Å². The maximum Gasteiger partial charge on any atom is 0.191 e. The van der Waals surface area contributed by atoms with E-state index in [1.807, 2.05) is 4.68 Å². The smallest absolute Gasteiger partial charge is 0.191 e. The summed E-state index contributed by atoms with van der Waals surface area (Å²) in [6.07, 6.45) is 2.85. The first-order chi connectivity index (χ1) is 16.3. The second kappa shape index (κ2) is 11.6. The van der Waals surface area contributed by atoms with Crippen LogP contribution < -0.4 is 10.6 Å². The highest BCUT2D eigenvalue weighted by Gasteiger charge is 2.22. The SMILES string of the molecule is CCNC(=NCCC(c1ccccc1)c1ccccc1)NC1CCc2nc(COC)nn2C1. The van der Waals surface area contributed by atoms with Gasteiger partial charge in [0.15, 0.2) is 11.8 Å². The Labute approximate surface area is 196 Å². The molecule has 0 bridgehead atoms. The van der Waals surface area contributed by atoms with Gasteiger partial charge >= 0.3 is 0 Å². The van der Waals surface area contributed by atoms with Crippen LogP contribution in [0.25, 0.3) is 0 Å². The summed E-state index contributed by atoms with van der Waals surface area (Å²) in [6.45, 7) is 4.90. The molecule has 1 aromatic heterocycles. The molecule has 174 valence electrons. The molecular weight excluding hydrogens is 412 g/mol. The Morgan fingerprint density at radius 3 is 2.45 bits per heavy atom. The monoisotopic (exact) mass is 446 g/mol. The molecule has 0 amide bonds. The third-order valence-corrected chi connectivity index (χ3v) is 5.95. The normalized spacial score (nSPS) is 16.0. The first-order valence-electron chi connectivity index (χ1n) is 11.8. The van der Waals surface area contributed by atoms with Crippen molar-refractivity contribution in [2.75, 3.05) is 20.2 Å². The van der Waals surface area contributed by atoms with Gasteiger partial charge in [-0.15, -0.1) is 0 Å². The Kier molecular flexibility index (Phi) is 8.09. The minimum Gasteiger partial charge on any atom is -0.377 e. The van der Waals surface area contributed by atoms with E-state index < -0.39 is 0 Å². The Morgan fingerprint density at radius 2 is 1.82 bits per heavy atom. The number of rotatable bonds is 9. The fourth-order valence-electron chi connectivity index (χ4n) is 4.38. The molecule has 4 rings (SSSR count). The Balaban J connectivity index is 1.41. The van der Waals surface area contributed by atoms with Crippen molar-refractivity contribution in [2.24, 2.45) is 4.99 Å². The van der Waals surface area contributed by atoms with E-state index >= 15 is 0 Å². The number of aryl methyl sites for hydroxylation is 1. The van der Waals surface area contributed by atoms with E-state index in [0.29, 0.717) is 12.5 Å². The average Bonchev–Trinajstić information content (AvgIpc) is 3.25. The number of ether oxygens (including phenoxy) is 1. The summed E-state index contributed by atoms with van der Waals surface area (Å²) in [5.41, 5.74) is 2.66. The number of aromatic nitrogens is 3. The Morgan fingerprint density at radius 1 is 1.12 bits per heavy atom. The van der Waals surface area contributed by atoms with E-state index in [1.165, 1.54) is 11.1 Å². The van der Waals surface area contributed by atoms with Gasteiger partial charge in [-0.3, -0.25) is 4.99 Å². The lowest BCUT2D eigenvalue weighted by atomic mass is 9.89. The minimum atomic E-state index is 0.270. The van der Waals surface area contributed by atoms with Gasteiger partial charge in [0.2, 0.25) is 0 Å². The molecule has 0 aliphatic carbocycles. The van der Waals surface area contributed by atoms with Crippen molar-refractivity contribution >= 4 is 5.96 Å². The lowest BCUT2D eigenvalue weighted by Gasteiger charge is -2.25. The van der Waals surface area contributed by atoms with Gasteiger partial charge in [0.25, 0.3) is 0 Å². The molecule has 1 atom stereocenters. The number of aliphatic imine (C=N–C) groups is 1. The van der Waals surface area contributed by atoms with Gasteiger partial charge in [0.05, 0.1) is 6.54 Å². The molecule has 1 aliphatic rings. The average molecular weight is 447 g/mol. The quantitative estimate of drug-likeness (QED) is 0.389. The predicted molar refractivity (Wildman–Crippen MR) is 131 cm³/mol. The summed E-state index contributed by atoms with van der Waals surface area (Å²) in [4.78, 5) is 9.49. The van der Waals surface area contributed by atoms with E-state index in [-0.39, 0.29) is 6.04 Å². The predicted octanol–water partition coefficient (Wildman–Crippen LogP) is 3.52. The zero-order valence-corrected chi connectivity index (χ0v) is 19.6. The molecule has 2 N–H and O–H groups in total. The first-order valence-corrected chi connectivity index (χ1v) is 11.8. The minimum absolute atomic E-state index is 0.270. The molecule has 0 spiro atoms. The maximum atomic E-state index is 5.17. The molecule has 0 saturated heterocycles. The number of nitrogens with zero attached hydrogens (tertiary/aromatic N) is 4. The van der Waals surface area contributed by atoms with E-state index in [0.717, 1.165) is 56.5 Å². The van der Waals surface area contributed by atoms with Gasteiger partial charge in [-0.05, 0) is 30.9 Å². The number of hydrogen-bond acceptors (Lipinski definition) is 4. The topological polar surface area (TPSA) is 76.4 Å². The van der Waals surface area contributed by atoms with Gasteiger partial charge in [-0.25, -0.2) is 9.67 Å². The highest BCUT2D eigenvalue weighted by Crippen LogP contribution is 2.27. The molecule has 7 nitrogen and oxygen atoms in total. The molecule has 1 unspecified atom stereocenters. The maximum absolute atomic E-state index is 5.17. The van der Waals surface area contributed by atoms with E-state index in [1.54, 1.807) is 7.11 Å². The van der Waals surface area contributed by atoms with Crippen LogP contribution in [0.1, 0.15) is 48.5 Å². The summed E-state index contributed by atoms with van der Waals surface area (Å²) in [5, 5.41) is 11.6. The Hall–Kier alpha value is -3.19. The van der Waals surface area contributed by atoms with Gasteiger partial charge in [-0.2, -0.15) is 5.10 Å². The van der Waals surface area contributed by atoms with Crippen molar-refractivity contribution in [3.63, 3.8) is 0 Å². The third-order valence-electron chi connectivity index (χ3n) is 5.95. The summed E-state index contributed by atoms with van der Waals surface area (Å²) in [5.74, 6) is 2.98. The van der Waals surface area contributed by atoms with Crippen LogP contribution in [0, 0.1) is 0 Å². The molecule has 3 aromatic rings. The number of guanidine groups is 1. The molecule has 2 heterocycles. The Bertz CT molecular complexity index is 978. The summed E-state index contributed by atoms with van der Waals surface area (Å²) >= 11 is 0. The third kappa shape index (κ3) is 6.20. The fraction of sp³-hybridized carbons (Fsp3) is 0.423. The van der Waals surface area contributed by atoms with Gasteiger partial charge in [0, 0.05) is 38.6 Å². The molecule has 0 radical (unpaired) electrons. The first kappa shape index (κ1) is 23.0. The van der Waals surface area contributed by atoms with E-state index in [4.69, 9.17) is 9.73 Å². The van der Waals surface area contributed by atoms with Crippen LogP contribution in [0.15, 0.2) is 65.7 Å². The number of methoxy groups -OCH3 is 1. The van der Waals surface area contributed by atoms with Crippen LogP contribution in [0.4, 0.5) is 0 Å². The van der Waals surface area contributed by atoms with Gasteiger partial charge in [-0.1, -0.05) is 60.7 Å². The molecule has 7 heteroatoms. The standard InChI is InChI=1S/C26H34N6O/c1-3-27-26(29-22-14-15-25-30-24(19-33-2)31-32(25)18-22)28-17-16-23(20-10-6-4-7-11-20)21-12-8-5-9-13-21/h4-13,22-23H,3,14-19H2,1-2H3,(H2,27,28,29). The molecule has 1 aliphatic heterocycles. The highest BCUT2D eigenvalue weighted by molar-refractivity contribution is 5.80. The van der Waals surface area contributed by atoms with E-state index in [2.05, 4.69) is 88.3 Å². The number of benzene rings is 2. The van der Waals surface area contributed by atoms with Crippen molar-refractivity contribution in [2.45, 2.75) is 51.3 Å². The van der Waals surface area contributed by atoms with Crippen molar-refractivity contribution in [3.8, 4) is 0 Å². The largest absolute Gasteiger partial charge is 0.377 e. The van der Waals surface area contributed by atoms with Gasteiger partial charge in [0.1, 0.15) is 12.4 Å². The second-order valence-electron chi connectivity index (χ2n) is 8.36. The van der Waals surface area contributed by atoms with Crippen LogP contribution in [-0.2, 0) is 24.3 Å². The summed E-state index contributed by atoms with van der Waals surface area (Å²) in [7, 11) is 1.67. The zero-order chi connectivity index (χ0) is 22.9. The lowest BCUT2D eigenvalue weighted by Crippen LogP contribution is -2.47. The van der Waals surface area contributed by atoms with Crippen molar-refractivity contribution in [1.82, 2.24) is 25.4 Å². The zero-order valence-electron chi connectivity index (χ0n) is 19.6. The summed E-state index contributed by atoms with van der Waals surface area (Å²) < 4.78 is 7.17. The van der Waals surface area contributed by atoms with Crippen molar-refractivity contribution in [1.29, 1.82) is 0 Å². The summed E-state index contributed by atoms with van der Waals surface area (Å²) in [6, 6.07) is 21.7. The van der Waals surface area contributed by atoms with E-state index in [9.17, 15) is 0 Å². The molecular formula is C26H34N6O. The fourth-order valence-corrected chi connectivity index (χ4v) is 4.38.